The van der Waals surface area contributed by atoms with Crippen LogP contribution in [0.3, 0.4) is 0 Å². The van der Waals surface area contributed by atoms with Crippen LogP contribution in [0.25, 0.3) is 0 Å². The molecule has 0 saturated heterocycles. The van der Waals surface area contributed by atoms with Crippen molar-refractivity contribution in [2.45, 2.75) is 38.9 Å². The number of aliphatic hydroxyl groups excluding tert-OH is 2. The molecule has 5 heteroatoms. The van der Waals surface area contributed by atoms with Crippen LogP contribution in [0.5, 0.6) is 0 Å². The summed E-state index contributed by atoms with van der Waals surface area (Å²) in [6.07, 6.45) is -0.812. The summed E-state index contributed by atoms with van der Waals surface area (Å²) in [5.41, 5.74) is 0.0302. The third-order valence-corrected chi connectivity index (χ3v) is 4.50. The normalized spacial score (nSPS) is 14.9. The first-order chi connectivity index (χ1) is 8.43. The minimum atomic E-state index is -1.26. The van der Waals surface area contributed by atoms with Gasteiger partial charge in [-0.25, -0.2) is 4.39 Å². The maximum absolute atomic E-state index is 13.9. The number of hydrogen-bond donors (Lipinski definition) is 2. The number of hydrogen-bond acceptors (Lipinski definition) is 2. The summed E-state index contributed by atoms with van der Waals surface area (Å²) < 4.78 is 14.3. The monoisotopic (exact) mass is 338 g/mol. The summed E-state index contributed by atoms with van der Waals surface area (Å²) in [6, 6.07) is 2.99. The first-order valence-electron chi connectivity index (χ1n) is 5.93. The third kappa shape index (κ3) is 3.23. The lowest BCUT2D eigenvalue weighted by Crippen LogP contribution is -2.27. The zero-order valence-electron chi connectivity index (χ0n) is 10.3. The highest BCUT2D eigenvalue weighted by atomic mass is 79.9. The van der Waals surface area contributed by atoms with Crippen molar-refractivity contribution in [2.24, 2.45) is 5.92 Å². The fraction of sp³-hybridized carbons (Fsp3) is 0.538. The van der Waals surface area contributed by atoms with E-state index in [2.05, 4.69) is 15.9 Å². The minimum Gasteiger partial charge on any atom is -0.390 e. The number of benzene rings is 1. The first-order valence-corrected chi connectivity index (χ1v) is 7.10. The van der Waals surface area contributed by atoms with Gasteiger partial charge in [-0.1, -0.05) is 44.4 Å². The van der Waals surface area contributed by atoms with Crippen LogP contribution in [0.1, 0.15) is 38.4 Å². The lowest BCUT2D eigenvalue weighted by atomic mass is 9.89. The van der Waals surface area contributed by atoms with E-state index in [9.17, 15) is 14.6 Å². The van der Waals surface area contributed by atoms with E-state index in [1.807, 2.05) is 13.8 Å². The van der Waals surface area contributed by atoms with Crippen LogP contribution in [0, 0.1) is 11.7 Å². The van der Waals surface area contributed by atoms with Gasteiger partial charge in [-0.3, -0.25) is 0 Å². The Kier molecular flexibility index (Phi) is 6.05. The molecule has 0 radical (unpaired) electrons. The predicted octanol–water partition coefficient (Wildman–Crippen LogP) is 4.07. The Morgan fingerprint density at radius 1 is 1.28 bits per heavy atom. The van der Waals surface area contributed by atoms with Gasteiger partial charge >= 0.3 is 0 Å². The second kappa shape index (κ2) is 6.85. The Bertz CT molecular complexity index is 410. The van der Waals surface area contributed by atoms with Crippen molar-refractivity contribution in [3.05, 3.63) is 33.0 Å². The van der Waals surface area contributed by atoms with Crippen molar-refractivity contribution in [1.82, 2.24) is 0 Å². The van der Waals surface area contributed by atoms with Gasteiger partial charge in [0.15, 0.2) is 0 Å². The molecule has 18 heavy (non-hydrogen) atoms. The second-order valence-electron chi connectivity index (χ2n) is 4.28. The lowest BCUT2D eigenvalue weighted by molar-refractivity contribution is -0.0225. The maximum Gasteiger partial charge on any atom is 0.148 e. The van der Waals surface area contributed by atoms with E-state index < -0.39 is 18.0 Å². The quantitative estimate of drug-likeness (QED) is 0.794. The van der Waals surface area contributed by atoms with Crippen LogP contribution in [-0.2, 0) is 0 Å². The molecule has 0 aromatic heterocycles. The smallest absolute Gasteiger partial charge is 0.148 e. The molecule has 2 N–H and O–H groups in total. The summed E-state index contributed by atoms with van der Waals surface area (Å²) in [4.78, 5) is 0. The molecule has 0 aliphatic carbocycles. The van der Waals surface area contributed by atoms with Crippen LogP contribution in [0.15, 0.2) is 16.6 Å². The van der Waals surface area contributed by atoms with Crippen LogP contribution in [-0.4, -0.2) is 16.3 Å². The van der Waals surface area contributed by atoms with Crippen molar-refractivity contribution in [1.29, 1.82) is 0 Å². The Labute approximate surface area is 120 Å². The molecule has 2 atom stereocenters. The molecular formula is C13H17BrClFO2. The molecule has 0 amide bonds. The maximum atomic E-state index is 13.9. The van der Waals surface area contributed by atoms with Gasteiger partial charge in [0.2, 0.25) is 0 Å². The van der Waals surface area contributed by atoms with Gasteiger partial charge in [0.05, 0.1) is 11.1 Å². The van der Waals surface area contributed by atoms with Crippen molar-refractivity contribution in [3.8, 4) is 0 Å². The lowest BCUT2D eigenvalue weighted by Gasteiger charge is -2.25. The van der Waals surface area contributed by atoms with Crippen LogP contribution >= 0.6 is 27.5 Å². The molecule has 0 bridgehead atoms. The van der Waals surface area contributed by atoms with E-state index in [1.165, 1.54) is 6.07 Å². The van der Waals surface area contributed by atoms with Crippen molar-refractivity contribution < 1.29 is 14.6 Å². The Hall–Kier alpha value is -0.160. The van der Waals surface area contributed by atoms with Crippen LogP contribution < -0.4 is 0 Å². The predicted molar refractivity (Wildman–Crippen MR) is 74.1 cm³/mol. The summed E-state index contributed by atoms with van der Waals surface area (Å²) in [6.45, 7) is 3.85. The van der Waals surface area contributed by atoms with Crippen LogP contribution in [0.4, 0.5) is 4.39 Å². The summed E-state index contributed by atoms with van der Waals surface area (Å²) >= 11 is 8.87. The van der Waals surface area contributed by atoms with Crippen molar-refractivity contribution >= 4 is 27.5 Å². The van der Waals surface area contributed by atoms with E-state index in [-0.39, 0.29) is 16.5 Å². The van der Waals surface area contributed by atoms with Gasteiger partial charge < -0.3 is 10.2 Å². The molecule has 2 nitrogen and oxygen atoms in total. The number of halogens is 3. The number of rotatable bonds is 5. The van der Waals surface area contributed by atoms with E-state index >= 15 is 0 Å². The van der Waals surface area contributed by atoms with E-state index in [1.54, 1.807) is 6.07 Å². The summed E-state index contributed by atoms with van der Waals surface area (Å²) in [7, 11) is 0. The molecule has 0 aliphatic heterocycles. The fourth-order valence-electron chi connectivity index (χ4n) is 1.98. The average molecular weight is 340 g/mol. The van der Waals surface area contributed by atoms with E-state index in [0.717, 1.165) is 12.8 Å². The molecule has 102 valence electrons. The second-order valence-corrected chi connectivity index (χ2v) is 5.51. The van der Waals surface area contributed by atoms with Gasteiger partial charge in [0.1, 0.15) is 11.9 Å². The molecule has 0 heterocycles. The number of aliphatic hydroxyl groups is 2. The highest BCUT2D eigenvalue weighted by Crippen LogP contribution is 2.33. The van der Waals surface area contributed by atoms with Crippen LogP contribution in [0.2, 0.25) is 5.02 Å². The SMILES string of the molecule is CCC(CC)C(O)C(O)c1ccc(Br)c(Cl)c1F. The molecule has 0 saturated carbocycles. The third-order valence-electron chi connectivity index (χ3n) is 3.24. The molecule has 0 aliphatic rings. The molecule has 1 aromatic carbocycles. The molecule has 1 aromatic rings. The zero-order valence-corrected chi connectivity index (χ0v) is 12.7. The van der Waals surface area contributed by atoms with E-state index in [0.29, 0.717) is 4.47 Å². The Morgan fingerprint density at radius 3 is 2.33 bits per heavy atom. The van der Waals surface area contributed by atoms with Crippen molar-refractivity contribution in [2.75, 3.05) is 0 Å². The molecular weight excluding hydrogens is 322 g/mol. The Balaban J connectivity index is 3.04. The topological polar surface area (TPSA) is 40.5 Å². The standard InChI is InChI=1S/C13H17BrClFO2/c1-3-7(4-2)12(17)13(18)8-5-6-9(14)10(15)11(8)16/h5-7,12-13,17-18H,3-4H2,1-2H3. The fourth-order valence-corrected chi connectivity index (χ4v) is 2.46. The van der Waals surface area contributed by atoms with Gasteiger partial charge in [-0.2, -0.15) is 0 Å². The zero-order chi connectivity index (χ0) is 13.9. The van der Waals surface area contributed by atoms with Gasteiger partial charge in [0, 0.05) is 10.0 Å². The highest BCUT2D eigenvalue weighted by Gasteiger charge is 2.28. The van der Waals surface area contributed by atoms with Crippen molar-refractivity contribution in [3.63, 3.8) is 0 Å². The molecule has 1 rings (SSSR count). The first kappa shape index (κ1) is 15.9. The minimum absolute atomic E-state index is 0.0302. The summed E-state index contributed by atoms with van der Waals surface area (Å²) in [5.74, 6) is -0.759. The largest absolute Gasteiger partial charge is 0.390 e. The average Bonchev–Trinajstić information content (AvgIpc) is 2.36. The highest BCUT2D eigenvalue weighted by molar-refractivity contribution is 9.10. The molecule has 2 unspecified atom stereocenters. The van der Waals surface area contributed by atoms with Gasteiger partial charge in [-0.05, 0) is 27.9 Å². The van der Waals surface area contributed by atoms with Gasteiger partial charge in [0.25, 0.3) is 0 Å². The molecule has 0 fully saturated rings. The Morgan fingerprint density at radius 2 is 1.83 bits per heavy atom. The van der Waals surface area contributed by atoms with Gasteiger partial charge in [-0.15, -0.1) is 0 Å². The summed E-state index contributed by atoms with van der Waals surface area (Å²) in [5, 5.41) is 20.0. The van der Waals surface area contributed by atoms with E-state index in [4.69, 9.17) is 11.6 Å². The molecule has 0 spiro atoms.